The highest BCUT2D eigenvalue weighted by Crippen LogP contribution is 2.24. The van der Waals surface area contributed by atoms with Gasteiger partial charge in [0.15, 0.2) is 0 Å². The molecule has 5 nitrogen and oxygen atoms in total. The highest BCUT2D eigenvalue weighted by atomic mass is 16.2. The van der Waals surface area contributed by atoms with Crippen LogP contribution in [0, 0.1) is 0 Å². The Kier molecular flexibility index (Phi) is 5.53. The van der Waals surface area contributed by atoms with Gasteiger partial charge in [-0.2, -0.15) is 0 Å². The number of benzene rings is 1. The fourth-order valence-electron chi connectivity index (χ4n) is 2.71. The number of hydrogen-bond donors (Lipinski definition) is 1. The summed E-state index contributed by atoms with van der Waals surface area (Å²) in [7, 11) is 0. The molecule has 0 radical (unpaired) electrons. The van der Waals surface area contributed by atoms with Crippen LogP contribution in [0.3, 0.4) is 0 Å². The van der Waals surface area contributed by atoms with Crippen molar-refractivity contribution in [2.75, 3.05) is 6.54 Å². The maximum absolute atomic E-state index is 12.4. The van der Waals surface area contributed by atoms with Crippen LogP contribution in [0.5, 0.6) is 0 Å². The van der Waals surface area contributed by atoms with E-state index in [0.717, 1.165) is 25.7 Å². The highest BCUT2D eigenvalue weighted by Gasteiger charge is 2.35. The SMILES string of the molecule is CCCCN1C(=O)c2ccc(C(=O)NC(CC)CC)cc2C1=O. The molecule has 0 fully saturated rings. The van der Waals surface area contributed by atoms with E-state index in [9.17, 15) is 14.4 Å². The Bertz CT molecular complexity index is 621. The van der Waals surface area contributed by atoms with Gasteiger partial charge in [0.2, 0.25) is 0 Å². The van der Waals surface area contributed by atoms with E-state index in [1.807, 2.05) is 20.8 Å². The number of nitrogens with zero attached hydrogens (tertiary/aromatic N) is 1. The van der Waals surface area contributed by atoms with Crippen LogP contribution in [0.2, 0.25) is 0 Å². The third-order valence-corrected chi connectivity index (χ3v) is 4.29. The van der Waals surface area contributed by atoms with Gasteiger partial charge in [0.05, 0.1) is 11.1 Å². The molecule has 0 unspecified atom stereocenters. The van der Waals surface area contributed by atoms with Gasteiger partial charge < -0.3 is 5.32 Å². The van der Waals surface area contributed by atoms with Crippen LogP contribution < -0.4 is 5.32 Å². The summed E-state index contributed by atoms with van der Waals surface area (Å²) < 4.78 is 0. The summed E-state index contributed by atoms with van der Waals surface area (Å²) in [6.07, 6.45) is 3.41. The topological polar surface area (TPSA) is 66.5 Å². The van der Waals surface area contributed by atoms with E-state index in [0.29, 0.717) is 23.2 Å². The number of carbonyl (C=O) groups excluding carboxylic acids is 3. The second-order valence-corrected chi connectivity index (χ2v) is 5.86. The number of imide groups is 1. The maximum Gasteiger partial charge on any atom is 0.261 e. The van der Waals surface area contributed by atoms with E-state index in [2.05, 4.69) is 5.32 Å². The van der Waals surface area contributed by atoms with Gasteiger partial charge in [0.1, 0.15) is 0 Å². The van der Waals surface area contributed by atoms with Crippen molar-refractivity contribution in [3.05, 3.63) is 34.9 Å². The molecule has 0 saturated carbocycles. The van der Waals surface area contributed by atoms with E-state index in [-0.39, 0.29) is 23.8 Å². The van der Waals surface area contributed by atoms with Crippen LogP contribution in [0.4, 0.5) is 0 Å². The molecule has 1 aliphatic heterocycles. The molecule has 124 valence electrons. The smallest absolute Gasteiger partial charge is 0.261 e. The molecule has 0 saturated heterocycles. The number of hydrogen-bond acceptors (Lipinski definition) is 3. The Morgan fingerprint density at radius 2 is 1.74 bits per heavy atom. The Hall–Kier alpha value is -2.17. The van der Waals surface area contributed by atoms with Gasteiger partial charge in [0.25, 0.3) is 17.7 Å². The van der Waals surface area contributed by atoms with Crippen molar-refractivity contribution in [3.63, 3.8) is 0 Å². The number of unbranched alkanes of at least 4 members (excludes halogenated alkanes) is 1. The van der Waals surface area contributed by atoms with Gasteiger partial charge in [-0.1, -0.05) is 27.2 Å². The minimum absolute atomic E-state index is 0.120. The van der Waals surface area contributed by atoms with Crippen LogP contribution in [-0.2, 0) is 0 Å². The van der Waals surface area contributed by atoms with E-state index in [4.69, 9.17) is 0 Å². The number of nitrogens with one attached hydrogen (secondary N) is 1. The molecule has 0 spiro atoms. The largest absolute Gasteiger partial charge is 0.349 e. The molecule has 5 heteroatoms. The molecule has 0 aromatic heterocycles. The monoisotopic (exact) mass is 316 g/mol. The first-order chi connectivity index (χ1) is 11.0. The number of amides is 3. The number of fused-ring (bicyclic) bond motifs is 1. The van der Waals surface area contributed by atoms with Gasteiger partial charge in [-0.25, -0.2) is 0 Å². The van der Waals surface area contributed by atoms with Crippen molar-refractivity contribution < 1.29 is 14.4 Å². The molecular weight excluding hydrogens is 292 g/mol. The Balaban J connectivity index is 2.21. The van der Waals surface area contributed by atoms with Crippen molar-refractivity contribution in [1.29, 1.82) is 0 Å². The first-order valence-electron chi connectivity index (χ1n) is 8.34. The lowest BCUT2D eigenvalue weighted by molar-refractivity contribution is 0.0652. The zero-order valence-electron chi connectivity index (χ0n) is 14.0. The molecule has 0 aliphatic carbocycles. The summed E-state index contributed by atoms with van der Waals surface area (Å²) in [6, 6.07) is 4.86. The molecule has 1 N–H and O–H groups in total. The third-order valence-electron chi connectivity index (χ3n) is 4.29. The van der Waals surface area contributed by atoms with E-state index in [1.165, 1.54) is 4.90 Å². The van der Waals surface area contributed by atoms with Gasteiger partial charge >= 0.3 is 0 Å². The molecule has 23 heavy (non-hydrogen) atoms. The second-order valence-electron chi connectivity index (χ2n) is 5.86. The van der Waals surface area contributed by atoms with Gasteiger partial charge in [0, 0.05) is 18.2 Å². The van der Waals surface area contributed by atoms with Crippen LogP contribution >= 0.6 is 0 Å². The minimum Gasteiger partial charge on any atom is -0.349 e. The fourth-order valence-corrected chi connectivity index (χ4v) is 2.71. The van der Waals surface area contributed by atoms with Crippen molar-refractivity contribution in [1.82, 2.24) is 10.2 Å². The first-order valence-corrected chi connectivity index (χ1v) is 8.34. The molecule has 0 bridgehead atoms. The lowest BCUT2D eigenvalue weighted by Crippen LogP contribution is -2.33. The predicted molar refractivity (Wildman–Crippen MR) is 88.6 cm³/mol. The lowest BCUT2D eigenvalue weighted by atomic mass is 10.0. The van der Waals surface area contributed by atoms with Gasteiger partial charge in [-0.3, -0.25) is 19.3 Å². The number of rotatable bonds is 7. The van der Waals surface area contributed by atoms with Gasteiger partial charge in [-0.15, -0.1) is 0 Å². The fraction of sp³-hybridized carbons (Fsp3) is 0.500. The van der Waals surface area contributed by atoms with Crippen LogP contribution in [0.25, 0.3) is 0 Å². The average Bonchev–Trinajstić information content (AvgIpc) is 2.81. The molecule has 1 aromatic rings. The predicted octanol–water partition coefficient (Wildman–Crippen LogP) is 3.00. The van der Waals surface area contributed by atoms with Crippen LogP contribution in [0.15, 0.2) is 18.2 Å². The maximum atomic E-state index is 12.4. The van der Waals surface area contributed by atoms with Gasteiger partial charge in [-0.05, 0) is 37.5 Å². The van der Waals surface area contributed by atoms with Crippen molar-refractivity contribution in [2.45, 2.75) is 52.5 Å². The number of carbonyl (C=O) groups is 3. The van der Waals surface area contributed by atoms with Crippen molar-refractivity contribution in [3.8, 4) is 0 Å². The Morgan fingerprint density at radius 3 is 2.35 bits per heavy atom. The molecule has 2 rings (SSSR count). The Morgan fingerprint density at radius 1 is 1.09 bits per heavy atom. The highest BCUT2D eigenvalue weighted by molar-refractivity contribution is 6.22. The minimum atomic E-state index is -0.296. The van der Waals surface area contributed by atoms with Crippen molar-refractivity contribution in [2.24, 2.45) is 0 Å². The van der Waals surface area contributed by atoms with Crippen LogP contribution in [0.1, 0.15) is 77.5 Å². The van der Waals surface area contributed by atoms with E-state index >= 15 is 0 Å². The molecule has 1 aliphatic rings. The zero-order valence-corrected chi connectivity index (χ0v) is 14.0. The van der Waals surface area contributed by atoms with E-state index in [1.54, 1.807) is 18.2 Å². The van der Waals surface area contributed by atoms with Crippen molar-refractivity contribution >= 4 is 17.7 Å². The quantitative estimate of drug-likeness (QED) is 0.786. The summed E-state index contributed by atoms with van der Waals surface area (Å²) in [4.78, 5) is 38.2. The van der Waals surface area contributed by atoms with Crippen LogP contribution in [-0.4, -0.2) is 35.2 Å². The molecule has 0 atom stereocenters. The summed E-state index contributed by atoms with van der Waals surface area (Å²) in [5, 5.41) is 2.95. The lowest BCUT2D eigenvalue weighted by Gasteiger charge is -2.14. The zero-order chi connectivity index (χ0) is 17.0. The summed E-state index contributed by atoms with van der Waals surface area (Å²) >= 11 is 0. The average molecular weight is 316 g/mol. The standard InChI is InChI=1S/C18H24N2O3/c1-4-7-10-20-17(22)14-9-8-12(11-15(14)18(20)23)16(21)19-13(5-2)6-3/h8-9,11,13H,4-7,10H2,1-3H3,(H,19,21). The normalized spacial score (nSPS) is 13.7. The first kappa shape index (κ1) is 17.2. The second kappa shape index (κ2) is 7.40. The molecular formula is C18H24N2O3. The molecule has 3 amide bonds. The van der Waals surface area contributed by atoms with E-state index < -0.39 is 0 Å². The summed E-state index contributed by atoms with van der Waals surface area (Å²) in [5.74, 6) is -0.755. The molecule has 1 aromatic carbocycles. The molecule has 1 heterocycles. The Labute approximate surface area is 137 Å². The summed E-state index contributed by atoms with van der Waals surface area (Å²) in [6.45, 7) is 6.48. The third kappa shape index (κ3) is 3.44. The summed E-state index contributed by atoms with van der Waals surface area (Å²) in [5.41, 5.74) is 1.16.